The molecule has 0 radical (unpaired) electrons. The highest BCUT2D eigenvalue weighted by Gasteiger charge is 2.29. The summed E-state index contributed by atoms with van der Waals surface area (Å²) in [4.78, 5) is 35.1. The van der Waals surface area contributed by atoms with Crippen LogP contribution in [-0.4, -0.2) is 42.4 Å². The Morgan fingerprint density at radius 2 is 1.78 bits per heavy atom. The number of nitrogens with one attached hydrogen (secondary N) is 2. The monoisotopic (exact) mass is 398 g/mol. The molecule has 0 unspecified atom stereocenters. The van der Waals surface area contributed by atoms with Gasteiger partial charge in [0.2, 0.25) is 11.9 Å². The molecular weight excluding hydrogens is 383 g/mol. The van der Waals surface area contributed by atoms with Gasteiger partial charge in [0.25, 0.3) is 0 Å². The van der Waals surface area contributed by atoms with E-state index in [9.17, 15) is 22.4 Å². The fourth-order valence-corrected chi connectivity index (χ4v) is 3.07. The number of hydrogen-bond acceptors (Lipinski definition) is 8. The van der Waals surface area contributed by atoms with Crippen molar-refractivity contribution in [1.82, 2.24) is 19.7 Å². The van der Waals surface area contributed by atoms with Crippen molar-refractivity contribution in [2.75, 3.05) is 16.7 Å². The van der Waals surface area contributed by atoms with Crippen molar-refractivity contribution in [3.63, 3.8) is 0 Å². The summed E-state index contributed by atoms with van der Waals surface area (Å²) in [6.45, 7) is 2.48. The molecule has 0 spiro atoms. The summed E-state index contributed by atoms with van der Waals surface area (Å²) in [5.74, 6) is -1.58. The second-order valence-electron chi connectivity index (χ2n) is 5.01. The number of carbonyl (C=O) groups is 2. The Kier molecular flexibility index (Phi) is 5.85. The highest BCUT2D eigenvalue weighted by molar-refractivity contribution is 7.92. The molecule has 0 aliphatic carbocycles. The fourth-order valence-electron chi connectivity index (χ4n) is 1.96. The Morgan fingerprint density at radius 3 is 2.33 bits per heavy atom. The molecule has 0 saturated heterocycles. The van der Waals surface area contributed by atoms with E-state index in [1.807, 2.05) is 0 Å². The molecule has 13 heteroatoms. The molecule has 2 N–H and O–H groups in total. The number of ether oxygens (including phenoxy) is 1. The van der Waals surface area contributed by atoms with E-state index in [4.69, 9.17) is 4.74 Å². The summed E-state index contributed by atoms with van der Waals surface area (Å²) < 4.78 is 44.6. The summed E-state index contributed by atoms with van der Waals surface area (Å²) in [7, 11) is -3.33. The van der Waals surface area contributed by atoms with Gasteiger partial charge in [-0.3, -0.25) is 10.1 Å². The zero-order chi connectivity index (χ0) is 20.2. The maximum absolute atomic E-state index is 13.0. The maximum Gasteiger partial charge on any atom is 0.336 e. The molecule has 0 aliphatic rings. The second-order valence-corrected chi connectivity index (χ2v) is 6.53. The van der Waals surface area contributed by atoms with Gasteiger partial charge >= 0.3 is 22.3 Å². The molecule has 1 aromatic heterocycles. The maximum atomic E-state index is 13.0. The number of anilines is 2. The van der Waals surface area contributed by atoms with E-state index in [2.05, 4.69) is 20.3 Å². The van der Waals surface area contributed by atoms with Crippen LogP contribution in [0.3, 0.4) is 0 Å². The number of rotatable bonds is 5. The highest BCUT2D eigenvalue weighted by atomic mass is 32.2. The van der Waals surface area contributed by atoms with Gasteiger partial charge < -0.3 is 4.74 Å². The smallest absolute Gasteiger partial charge is 0.336 e. The Hall–Kier alpha value is -3.35. The van der Waals surface area contributed by atoms with Crippen LogP contribution < -0.4 is 19.1 Å². The number of halogens is 1. The van der Waals surface area contributed by atoms with Gasteiger partial charge in [0, 0.05) is 6.92 Å². The van der Waals surface area contributed by atoms with E-state index >= 15 is 0 Å². The van der Waals surface area contributed by atoms with E-state index in [1.54, 1.807) is 4.72 Å². The minimum absolute atomic E-state index is 0.0858. The van der Waals surface area contributed by atoms with Crippen LogP contribution in [-0.2, 0) is 15.0 Å². The van der Waals surface area contributed by atoms with Gasteiger partial charge in [-0.05, 0) is 31.2 Å². The van der Waals surface area contributed by atoms with E-state index in [1.165, 1.54) is 14.0 Å². The summed E-state index contributed by atoms with van der Waals surface area (Å²) >= 11 is 0. The van der Waals surface area contributed by atoms with Gasteiger partial charge in [0.1, 0.15) is 11.6 Å². The Morgan fingerprint density at radius 1 is 1.15 bits per heavy atom. The van der Waals surface area contributed by atoms with Gasteiger partial charge in [-0.1, -0.05) is 0 Å². The molecule has 0 bridgehead atoms. The second kappa shape index (κ2) is 7.90. The average Bonchev–Trinajstić information content (AvgIpc) is 2.54. The van der Waals surface area contributed by atoms with Gasteiger partial charge in [0.15, 0.2) is 0 Å². The van der Waals surface area contributed by atoms with Gasteiger partial charge in [-0.25, -0.2) is 13.9 Å². The topological polar surface area (TPSA) is 143 Å². The lowest BCUT2D eigenvalue weighted by Gasteiger charge is -2.21. The average molecular weight is 398 g/mol. The van der Waals surface area contributed by atoms with Crippen LogP contribution in [0, 0.1) is 12.7 Å². The van der Waals surface area contributed by atoms with E-state index in [0.717, 1.165) is 31.2 Å². The summed E-state index contributed by atoms with van der Waals surface area (Å²) in [6.07, 6.45) is 0. The minimum atomic E-state index is -4.64. The standard InChI is InChI=1S/C14H15FN6O5S/c1-8-16-12(19-14(17-8)26-3)18-13(23)20-27(24,25)21(9(2)22)11-6-4-10(15)5-7-11/h4-7H,1-3H3,(H2,16,17,18,19,20,23). The number of aromatic nitrogens is 3. The lowest BCUT2D eigenvalue weighted by molar-refractivity contribution is -0.115. The number of benzene rings is 1. The number of nitrogens with zero attached hydrogens (tertiary/aromatic N) is 4. The predicted molar refractivity (Wildman–Crippen MR) is 91.8 cm³/mol. The lowest BCUT2D eigenvalue weighted by atomic mass is 10.3. The van der Waals surface area contributed by atoms with Crippen LogP contribution in [0.4, 0.5) is 20.8 Å². The SMILES string of the molecule is COc1nc(C)nc(NC(=O)NS(=O)(=O)N(C(C)=O)c2ccc(F)cc2)n1. The van der Waals surface area contributed by atoms with E-state index < -0.39 is 28.0 Å². The summed E-state index contributed by atoms with van der Waals surface area (Å²) in [5.41, 5.74) is -0.151. The number of aryl methyl sites for hydroxylation is 1. The van der Waals surface area contributed by atoms with Crippen LogP contribution >= 0.6 is 0 Å². The zero-order valence-electron chi connectivity index (χ0n) is 14.4. The molecule has 1 aromatic carbocycles. The number of amides is 3. The molecule has 2 aromatic rings. The van der Waals surface area contributed by atoms with E-state index in [0.29, 0.717) is 4.31 Å². The van der Waals surface area contributed by atoms with Crippen LogP contribution in [0.5, 0.6) is 6.01 Å². The quantitative estimate of drug-likeness (QED) is 0.751. The van der Waals surface area contributed by atoms with Crippen LogP contribution in [0.25, 0.3) is 0 Å². The number of urea groups is 1. The van der Waals surface area contributed by atoms with Crippen LogP contribution in [0.15, 0.2) is 24.3 Å². The molecule has 11 nitrogen and oxygen atoms in total. The molecule has 3 amide bonds. The first-order valence-electron chi connectivity index (χ1n) is 7.29. The normalized spacial score (nSPS) is 10.8. The molecule has 0 fully saturated rings. The molecule has 0 aliphatic heterocycles. The van der Waals surface area contributed by atoms with Gasteiger partial charge in [0.05, 0.1) is 12.8 Å². The molecule has 1 heterocycles. The number of carbonyl (C=O) groups excluding carboxylic acids is 2. The molecule has 0 saturated carbocycles. The molecule has 0 atom stereocenters. The third-order valence-electron chi connectivity index (χ3n) is 2.94. The van der Waals surface area contributed by atoms with E-state index in [-0.39, 0.29) is 23.5 Å². The largest absolute Gasteiger partial charge is 0.467 e. The number of methoxy groups -OCH3 is 1. The third kappa shape index (κ3) is 5.07. The molecule has 27 heavy (non-hydrogen) atoms. The fraction of sp³-hybridized carbons (Fsp3) is 0.214. The van der Waals surface area contributed by atoms with Crippen molar-refractivity contribution in [1.29, 1.82) is 0 Å². The Balaban J connectivity index is 2.22. The van der Waals surface area contributed by atoms with Crippen molar-refractivity contribution < 1.29 is 27.1 Å². The third-order valence-corrected chi connectivity index (χ3v) is 4.34. The van der Waals surface area contributed by atoms with Crippen molar-refractivity contribution >= 4 is 33.8 Å². The van der Waals surface area contributed by atoms with Crippen molar-refractivity contribution in [3.8, 4) is 6.01 Å². The first kappa shape index (κ1) is 20.0. The molecule has 144 valence electrons. The van der Waals surface area contributed by atoms with Crippen LogP contribution in [0.2, 0.25) is 0 Å². The lowest BCUT2D eigenvalue weighted by Crippen LogP contribution is -2.47. The summed E-state index contributed by atoms with van der Waals surface area (Å²) in [5, 5.41) is 2.10. The highest BCUT2D eigenvalue weighted by Crippen LogP contribution is 2.18. The zero-order valence-corrected chi connectivity index (χ0v) is 15.2. The first-order chi connectivity index (χ1) is 12.6. The first-order valence-corrected chi connectivity index (χ1v) is 8.73. The minimum Gasteiger partial charge on any atom is -0.467 e. The summed E-state index contributed by atoms with van der Waals surface area (Å²) in [6, 6.07) is 2.79. The molecular formula is C14H15FN6O5S. The predicted octanol–water partition coefficient (Wildman–Crippen LogP) is 0.747. The van der Waals surface area contributed by atoms with Crippen molar-refractivity contribution in [2.45, 2.75) is 13.8 Å². The van der Waals surface area contributed by atoms with Crippen molar-refractivity contribution in [2.24, 2.45) is 0 Å². The van der Waals surface area contributed by atoms with Gasteiger partial charge in [-0.2, -0.15) is 27.7 Å². The van der Waals surface area contributed by atoms with Gasteiger partial charge in [-0.15, -0.1) is 0 Å². The number of hydrogen-bond donors (Lipinski definition) is 2. The Bertz CT molecular complexity index is 966. The molecule has 2 rings (SSSR count). The van der Waals surface area contributed by atoms with Crippen molar-refractivity contribution in [3.05, 3.63) is 35.9 Å². The Labute approximate surface area is 153 Å². The van der Waals surface area contributed by atoms with Crippen LogP contribution in [0.1, 0.15) is 12.7 Å².